The van der Waals surface area contributed by atoms with Gasteiger partial charge in [-0.2, -0.15) is 0 Å². The van der Waals surface area contributed by atoms with Crippen molar-refractivity contribution >= 4 is 21.8 Å². The lowest BCUT2D eigenvalue weighted by molar-refractivity contribution is 0.0950. The topological polar surface area (TPSA) is 68.0 Å². The Hall–Kier alpha value is -2.47. The number of aryl methyl sites for hydroxylation is 1. The summed E-state index contributed by atoms with van der Waals surface area (Å²) in [5.74, 6) is 0.277. The van der Waals surface area contributed by atoms with E-state index in [9.17, 15) is 4.79 Å². The van der Waals surface area contributed by atoms with Crippen molar-refractivity contribution in [1.29, 1.82) is 0 Å². The van der Waals surface area contributed by atoms with Gasteiger partial charge in [0.15, 0.2) is 0 Å². The van der Waals surface area contributed by atoms with E-state index in [0.29, 0.717) is 23.6 Å². The van der Waals surface area contributed by atoms with E-state index in [1.54, 1.807) is 31.5 Å². The number of hydrogen-bond acceptors (Lipinski definition) is 4. The third-order valence-corrected chi connectivity index (χ3v) is 3.88. The number of carbonyl (C=O) groups is 1. The van der Waals surface area contributed by atoms with Gasteiger partial charge >= 0.3 is 0 Å². The molecule has 0 spiro atoms. The molecule has 1 amide bonds. The number of carbonyl (C=O) groups excluding carboxylic acids is 1. The Morgan fingerprint density at radius 1 is 1.26 bits per heavy atom. The molecule has 116 valence electrons. The third kappa shape index (κ3) is 3.48. The predicted octanol–water partition coefficient (Wildman–Crippen LogP) is 3.74. The van der Waals surface area contributed by atoms with Crippen LogP contribution in [0.4, 0.5) is 0 Å². The van der Waals surface area contributed by atoms with Gasteiger partial charge in [0, 0.05) is 29.0 Å². The molecule has 0 fully saturated rings. The molecule has 0 aliphatic heterocycles. The van der Waals surface area contributed by atoms with Crippen molar-refractivity contribution in [3.05, 3.63) is 70.2 Å². The minimum absolute atomic E-state index is 0.212. The highest BCUT2D eigenvalue weighted by Crippen LogP contribution is 2.24. The van der Waals surface area contributed by atoms with E-state index in [0.717, 1.165) is 15.6 Å². The summed E-state index contributed by atoms with van der Waals surface area (Å²) in [6.45, 7) is 2.16. The minimum atomic E-state index is -0.212. The molecule has 23 heavy (non-hydrogen) atoms. The summed E-state index contributed by atoms with van der Waals surface area (Å²) in [6, 6.07) is 11.4. The van der Waals surface area contributed by atoms with E-state index in [-0.39, 0.29) is 5.91 Å². The maximum Gasteiger partial charge on any atom is 0.257 e. The average Bonchev–Trinajstić information content (AvgIpc) is 2.95. The highest BCUT2D eigenvalue weighted by molar-refractivity contribution is 9.10. The van der Waals surface area contributed by atoms with Crippen LogP contribution in [0.5, 0.6) is 0 Å². The molecule has 3 rings (SSSR count). The summed E-state index contributed by atoms with van der Waals surface area (Å²) >= 11 is 3.42. The molecule has 1 aromatic carbocycles. The maximum absolute atomic E-state index is 12.5. The van der Waals surface area contributed by atoms with Crippen LogP contribution >= 0.6 is 15.9 Å². The Bertz CT molecular complexity index is 831. The molecule has 0 saturated carbocycles. The zero-order valence-corrected chi connectivity index (χ0v) is 14.0. The number of nitrogens with one attached hydrogen (secondary N) is 1. The number of hydrogen-bond donors (Lipinski definition) is 1. The van der Waals surface area contributed by atoms with Gasteiger partial charge in [0.2, 0.25) is 0 Å². The molecular weight excluding hydrogens is 358 g/mol. The van der Waals surface area contributed by atoms with E-state index >= 15 is 0 Å². The van der Waals surface area contributed by atoms with E-state index in [4.69, 9.17) is 4.52 Å². The van der Waals surface area contributed by atoms with Gasteiger partial charge in [0.25, 0.3) is 5.91 Å². The third-order valence-electron chi connectivity index (χ3n) is 3.39. The average molecular weight is 372 g/mol. The molecular formula is C17H14BrN3O2. The van der Waals surface area contributed by atoms with E-state index in [2.05, 4.69) is 31.4 Å². The molecule has 0 aliphatic carbocycles. The van der Waals surface area contributed by atoms with Gasteiger partial charge in [-0.15, -0.1) is 0 Å². The number of aromatic nitrogens is 2. The van der Waals surface area contributed by atoms with Crippen molar-refractivity contribution in [2.45, 2.75) is 13.5 Å². The Labute approximate surface area is 141 Å². The van der Waals surface area contributed by atoms with Crippen molar-refractivity contribution in [3.63, 3.8) is 0 Å². The normalized spacial score (nSPS) is 10.5. The number of benzene rings is 1. The highest BCUT2D eigenvalue weighted by Gasteiger charge is 2.21. The maximum atomic E-state index is 12.5. The lowest BCUT2D eigenvalue weighted by Crippen LogP contribution is -2.23. The second-order valence-corrected chi connectivity index (χ2v) is 5.93. The van der Waals surface area contributed by atoms with Crippen LogP contribution in [-0.2, 0) is 6.54 Å². The standard InChI is InChI=1S/C17H14BrN3O2/c1-11-15(16(21-23-11)13-5-7-19-8-6-13)17(22)20-10-12-3-2-4-14(18)9-12/h2-9H,10H2,1H3,(H,20,22). The first kappa shape index (κ1) is 15.4. The van der Waals surface area contributed by atoms with E-state index in [1.165, 1.54) is 0 Å². The van der Waals surface area contributed by atoms with Gasteiger partial charge in [0.1, 0.15) is 17.0 Å². The molecule has 3 aromatic rings. The van der Waals surface area contributed by atoms with Gasteiger partial charge in [-0.1, -0.05) is 33.2 Å². The van der Waals surface area contributed by atoms with E-state index < -0.39 is 0 Å². The van der Waals surface area contributed by atoms with Gasteiger partial charge in [-0.05, 0) is 36.8 Å². The van der Waals surface area contributed by atoms with Crippen molar-refractivity contribution in [2.75, 3.05) is 0 Å². The fourth-order valence-corrected chi connectivity index (χ4v) is 2.71. The molecule has 2 aromatic heterocycles. The quantitative estimate of drug-likeness (QED) is 0.758. The summed E-state index contributed by atoms with van der Waals surface area (Å²) in [5.41, 5.74) is 2.78. The second-order valence-electron chi connectivity index (χ2n) is 5.01. The fraction of sp³-hybridized carbons (Fsp3) is 0.118. The van der Waals surface area contributed by atoms with Crippen LogP contribution in [0, 0.1) is 6.92 Å². The van der Waals surface area contributed by atoms with Crippen LogP contribution in [0.1, 0.15) is 21.7 Å². The number of pyridine rings is 1. The van der Waals surface area contributed by atoms with Crippen LogP contribution in [-0.4, -0.2) is 16.0 Å². The smallest absolute Gasteiger partial charge is 0.257 e. The molecule has 5 nitrogen and oxygen atoms in total. The van der Waals surface area contributed by atoms with Gasteiger partial charge in [-0.3, -0.25) is 9.78 Å². The van der Waals surface area contributed by atoms with Crippen molar-refractivity contribution in [3.8, 4) is 11.3 Å². The number of nitrogens with zero attached hydrogens (tertiary/aromatic N) is 2. The largest absolute Gasteiger partial charge is 0.360 e. The molecule has 0 atom stereocenters. The number of halogens is 1. The van der Waals surface area contributed by atoms with Gasteiger partial charge < -0.3 is 9.84 Å². The van der Waals surface area contributed by atoms with Crippen molar-refractivity contribution in [2.24, 2.45) is 0 Å². The molecule has 0 bridgehead atoms. The van der Waals surface area contributed by atoms with Crippen LogP contribution in [0.2, 0.25) is 0 Å². The van der Waals surface area contributed by atoms with Crippen LogP contribution in [0.25, 0.3) is 11.3 Å². The number of rotatable bonds is 4. The molecule has 0 aliphatic rings. The lowest BCUT2D eigenvalue weighted by atomic mass is 10.1. The summed E-state index contributed by atoms with van der Waals surface area (Å²) < 4.78 is 6.18. The zero-order valence-electron chi connectivity index (χ0n) is 12.4. The summed E-state index contributed by atoms with van der Waals surface area (Å²) in [5, 5.41) is 6.91. The Balaban J connectivity index is 1.81. The molecule has 0 unspecified atom stereocenters. The predicted molar refractivity (Wildman–Crippen MR) is 89.8 cm³/mol. The van der Waals surface area contributed by atoms with Crippen LogP contribution in [0.15, 0.2) is 57.8 Å². The molecule has 0 saturated heterocycles. The SMILES string of the molecule is Cc1onc(-c2ccncc2)c1C(=O)NCc1cccc(Br)c1. The monoisotopic (exact) mass is 371 g/mol. The number of amides is 1. The lowest BCUT2D eigenvalue weighted by Gasteiger charge is -2.06. The van der Waals surface area contributed by atoms with Crippen molar-refractivity contribution in [1.82, 2.24) is 15.5 Å². The molecule has 0 radical (unpaired) electrons. The zero-order chi connectivity index (χ0) is 16.2. The summed E-state index contributed by atoms with van der Waals surface area (Å²) in [6.07, 6.45) is 3.31. The molecule has 1 N–H and O–H groups in total. The summed E-state index contributed by atoms with van der Waals surface area (Å²) in [7, 11) is 0. The van der Waals surface area contributed by atoms with Gasteiger partial charge in [-0.25, -0.2) is 0 Å². The Kier molecular flexibility index (Phi) is 4.52. The molecule has 2 heterocycles. The Morgan fingerprint density at radius 3 is 2.78 bits per heavy atom. The molecule has 6 heteroatoms. The second kappa shape index (κ2) is 6.75. The minimum Gasteiger partial charge on any atom is -0.360 e. The van der Waals surface area contributed by atoms with E-state index in [1.807, 2.05) is 24.3 Å². The first-order chi connectivity index (χ1) is 11.1. The van der Waals surface area contributed by atoms with Crippen molar-refractivity contribution < 1.29 is 9.32 Å². The fourth-order valence-electron chi connectivity index (χ4n) is 2.26. The van der Waals surface area contributed by atoms with Crippen LogP contribution in [0.3, 0.4) is 0 Å². The highest BCUT2D eigenvalue weighted by atomic mass is 79.9. The van der Waals surface area contributed by atoms with Crippen LogP contribution < -0.4 is 5.32 Å². The summed E-state index contributed by atoms with van der Waals surface area (Å²) in [4.78, 5) is 16.5. The Morgan fingerprint density at radius 2 is 2.04 bits per heavy atom. The van der Waals surface area contributed by atoms with Gasteiger partial charge in [0.05, 0.1) is 0 Å². The first-order valence-corrected chi connectivity index (χ1v) is 7.84. The first-order valence-electron chi connectivity index (χ1n) is 7.04.